The summed E-state index contributed by atoms with van der Waals surface area (Å²) in [6.07, 6.45) is 9.76. The van der Waals surface area contributed by atoms with Crippen LogP contribution in [0.4, 0.5) is 0 Å². The Balaban J connectivity index is 1.66. The first-order chi connectivity index (χ1) is 14.0. The zero-order valence-electron chi connectivity index (χ0n) is 20.5. The maximum atomic E-state index is 10.8. The van der Waals surface area contributed by atoms with E-state index in [9.17, 15) is 5.11 Å². The van der Waals surface area contributed by atoms with Gasteiger partial charge in [-0.15, -0.1) is 0 Å². The van der Waals surface area contributed by atoms with E-state index in [4.69, 9.17) is 5.11 Å². The first kappa shape index (κ1) is 22.8. The Morgan fingerprint density at radius 3 is 2.40 bits per heavy atom. The second-order valence-electron chi connectivity index (χ2n) is 12.6. The third kappa shape index (κ3) is 3.01. The van der Waals surface area contributed by atoms with E-state index >= 15 is 0 Å². The summed E-state index contributed by atoms with van der Waals surface area (Å²) in [6.45, 7) is 16.8. The van der Waals surface area contributed by atoms with Crippen LogP contribution in [0.2, 0.25) is 0 Å². The van der Waals surface area contributed by atoms with Crippen molar-refractivity contribution in [3.05, 3.63) is 11.1 Å². The molecule has 2 fully saturated rings. The molecule has 0 aromatic carbocycles. The Kier molecular flexibility index (Phi) is 5.77. The number of rotatable bonds is 5. The molecule has 0 aromatic rings. The van der Waals surface area contributed by atoms with Crippen LogP contribution in [0.15, 0.2) is 11.1 Å². The van der Waals surface area contributed by atoms with E-state index in [1.54, 1.807) is 0 Å². The molecule has 172 valence electrons. The fraction of sp³-hybridized carbons (Fsp3) is 0.926. The molecule has 4 aliphatic rings. The standard InChI is InChI=1S/C27H47NO2/c1-18(17-28-15-16-29)19-9-13-27(6)21-7-8-22-24(2,3)23(30)11-12-25(22,4)20(21)10-14-26(19,27)5/h18-19,22-23,28-30H,7-17H2,1-6H3/t18-,19-,22+,23+,25-,26-,27+/m1/s1. The number of hydrogen-bond donors (Lipinski definition) is 3. The second-order valence-corrected chi connectivity index (χ2v) is 12.6. The normalized spacial score (nSPS) is 46.2. The lowest BCUT2D eigenvalue weighted by molar-refractivity contribution is -0.0961. The molecule has 4 rings (SSSR count). The minimum Gasteiger partial charge on any atom is -0.395 e. The van der Waals surface area contributed by atoms with Gasteiger partial charge < -0.3 is 15.5 Å². The number of aliphatic hydroxyl groups is 2. The Bertz CT molecular complexity index is 699. The molecule has 3 nitrogen and oxygen atoms in total. The van der Waals surface area contributed by atoms with Gasteiger partial charge in [0.05, 0.1) is 12.7 Å². The summed E-state index contributed by atoms with van der Waals surface area (Å²) in [5.41, 5.74) is 4.68. The summed E-state index contributed by atoms with van der Waals surface area (Å²) in [5.74, 6) is 2.03. The second kappa shape index (κ2) is 7.59. The Morgan fingerprint density at radius 1 is 0.967 bits per heavy atom. The molecule has 7 atom stereocenters. The lowest BCUT2D eigenvalue weighted by Crippen LogP contribution is -2.55. The molecule has 0 radical (unpaired) electrons. The van der Waals surface area contributed by atoms with Gasteiger partial charge in [0.2, 0.25) is 0 Å². The highest BCUT2D eigenvalue weighted by Gasteiger charge is 2.63. The van der Waals surface area contributed by atoms with Crippen LogP contribution >= 0.6 is 0 Å². The summed E-state index contributed by atoms with van der Waals surface area (Å²) < 4.78 is 0. The molecule has 0 aromatic heterocycles. The van der Waals surface area contributed by atoms with E-state index in [1.165, 1.54) is 44.9 Å². The van der Waals surface area contributed by atoms with Crippen LogP contribution in [-0.4, -0.2) is 36.0 Å². The number of allylic oxidation sites excluding steroid dienone is 2. The molecule has 0 aliphatic heterocycles. The summed E-state index contributed by atoms with van der Waals surface area (Å²) in [4.78, 5) is 0. The summed E-state index contributed by atoms with van der Waals surface area (Å²) in [6, 6.07) is 0. The third-order valence-electron chi connectivity index (χ3n) is 11.2. The van der Waals surface area contributed by atoms with Gasteiger partial charge in [-0.3, -0.25) is 0 Å². The Labute approximate surface area is 185 Å². The summed E-state index contributed by atoms with van der Waals surface area (Å²) in [5, 5.41) is 23.4. The van der Waals surface area contributed by atoms with Crippen molar-refractivity contribution in [3.63, 3.8) is 0 Å². The van der Waals surface area contributed by atoms with Gasteiger partial charge in [0.25, 0.3) is 0 Å². The van der Waals surface area contributed by atoms with Crippen molar-refractivity contribution in [2.45, 2.75) is 99.0 Å². The van der Waals surface area contributed by atoms with Gasteiger partial charge in [-0.05, 0) is 97.3 Å². The van der Waals surface area contributed by atoms with Crippen molar-refractivity contribution in [2.24, 2.45) is 39.4 Å². The van der Waals surface area contributed by atoms with Gasteiger partial charge >= 0.3 is 0 Å². The lowest BCUT2D eigenvalue weighted by Gasteiger charge is -2.62. The monoisotopic (exact) mass is 417 g/mol. The number of hydrogen-bond acceptors (Lipinski definition) is 3. The van der Waals surface area contributed by atoms with Crippen LogP contribution in [0, 0.1) is 39.4 Å². The van der Waals surface area contributed by atoms with Crippen LogP contribution in [0.1, 0.15) is 92.9 Å². The summed E-state index contributed by atoms with van der Waals surface area (Å²) in [7, 11) is 0. The molecule has 0 bridgehead atoms. The summed E-state index contributed by atoms with van der Waals surface area (Å²) >= 11 is 0. The highest BCUT2D eigenvalue weighted by molar-refractivity contribution is 5.38. The van der Waals surface area contributed by atoms with Gasteiger partial charge in [0, 0.05) is 6.54 Å². The number of nitrogens with one attached hydrogen (secondary N) is 1. The fourth-order valence-corrected chi connectivity index (χ4v) is 9.18. The van der Waals surface area contributed by atoms with E-state index in [0.717, 1.165) is 18.9 Å². The average Bonchev–Trinajstić information content (AvgIpc) is 2.97. The van der Waals surface area contributed by atoms with Crippen molar-refractivity contribution < 1.29 is 10.2 Å². The molecule has 0 heterocycles. The fourth-order valence-electron chi connectivity index (χ4n) is 9.18. The van der Waals surface area contributed by atoms with Crippen LogP contribution in [0.25, 0.3) is 0 Å². The smallest absolute Gasteiger partial charge is 0.0594 e. The Hall–Kier alpha value is -0.380. The topological polar surface area (TPSA) is 52.5 Å². The van der Waals surface area contributed by atoms with Gasteiger partial charge in [0.1, 0.15) is 0 Å². The molecular formula is C27H47NO2. The predicted molar refractivity (Wildman–Crippen MR) is 124 cm³/mol. The zero-order valence-corrected chi connectivity index (χ0v) is 20.5. The predicted octanol–water partition coefficient (Wildman–Crippen LogP) is 5.31. The van der Waals surface area contributed by atoms with Gasteiger partial charge in [0.15, 0.2) is 0 Å². The van der Waals surface area contributed by atoms with Crippen molar-refractivity contribution in [1.82, 2.24) is 5.32 Å². The maximum absolute atomic E-state index is 10.8. The Morgan fingerprint density at radius 2 is 1.70 bits per heavy atom. The van der Waals surface area contributed by atoms with E-state index in [1.807, 2.05) is 11.1 Å². The minimum atomic E-state index is -0.148. The molecule has 0 spiro atoms. The molecule has 0 saturated heterocycles. The van der Waals surface area contributed by atoms with Crippen LogP contribution in [0.5, 0.6) is 0 Å². The van der Waals surface area contributed by atoms with Gasteiger partial charge in [-0.1, -0.05) is 52.7 Å². The molecular weight excluding hydrogens is 370 g/mol. The molecule has 30 heavy (non-hydrogen) atoms. The SMILES string of the molecule is C[C@H](CNCCO)[C@H]1CC[C@@]2(C)C3=C(CC[C@]12C)[C@@]1(C)CC[C@H](O)C(C)(C)[C@@H]1CC3. The van der Waals surface area contributed by atoms with E-state index in [-0.39, 0.29) is 23.5 Å². The highest BCUT2D eigenvalue weighted by Crippen LogP contribution is 2.72. The third-order valence-corrected chi connectivity index (χ3v) is 11.2. The quantitative estimate of drug-likeness (QED) is 0.419. The zero-order chi connectivity index (χ0) is 21.9. The van der Waals surface area contributed by atoms with E-state index in [2.05, 4.69) is 46.9 Å². The highest BCUT2D eigenvalue weighted by atomic mass is 16.3. The minimum absolute atomic E-state index is 0.0261. The van der Waals surface area contributed by atoms with E-state index < -0.39 is 0 Å². The van der Waals surface area contributed by atoms with E-state index in [0.29, 0.717) is 29.2 Å². The first-order valence-corrected chi connectivity index (χ1v) is 12.7. The van der Waals surface area contributed by atoms with Crippen molar-refractivity contribution in [2.75, 3.05) is 19.7 Å². The lowest BCUT2D eigenvalue weighted by atomic mass is 9.43. The largest absolute Gasteiger partial charge is 0.395 e. The number of fused-ring (bicyclic) bond motifs is 4. The van der Waals surface area contributed by atoms with Crippen molar-refractivity contribution >= 4 is 0 Å². The average molecular weight is 418 g/mol. The van der Waals surface area contributed by atoms with Gasteiger partial charge in [-0.25, -0.2) is 0 Å². The molecule has 4 aliphatic carbocycles. The molecule has 3 heteroatoms. The molecule has 2 saturated carbocycles. The van der Waals surface area contributed by atoms with Crippen molar-refractivity contribution in [3.8, 4) is 0 Å². The van der Waals surface area contributed by atoms with Crippen LogP contribution in [0.3, 0.4) is 0 Å². The van der Waals surface area contributed by atoms with Crippen LogP contribution in [-0.2, 0) is 0 Å². The molecule has 0 amide bonds. The molecule has 0 unspecified atom stereocenters. The van der Waals surface area contributed by atoms with Crippen LogP contribution < -0.4 is 5.32 Å². The molecule has 3 N–H and O–H groups in total. The number of aliphatic hydroxyl groups excluding tert-OH is 2. The first-order valence-electron chi connectivity index (χ1n) is 12.7. The van der Waals surface area contributed by atoms with Crippen molar-refractivity contribution in [1.29, 1.82) is 0 Å². The van der Waals surface area contributed by atoms with Gasteiger partial charge in [-0.2, -0.15) is 0 Å². The maximum Gasteiger partial charge on any atom is 0.0594 e.